The van der Waals surface area contributed by atoms with Crippen LogP contribution in [0.5, 0.6) is 0 Å². The third-order valence-electron chi connectivity index (χ3n) is 2.34. The molecule has 2 aromatic rings. The zero-order chi connectivity index (χ0) is 11.7. The van der Waals surface area contributed by atoms with Crippen molar-refractivity contribution >= 4 is 5.91 Å². The van der Waals surface area contributed by atoms with Crippen LogP contribution in [0.2, 0.25) is 0 Å². The standard InChI is InChI=1S/C12H10FNO2/c1-7-2-3-8(4-10(7)13)11-5-9(6-16-11)12(14)15/h2-6H,1H3,(H2,14,15). The summed E-state index contributed by atoms with van der Waals surface area (Å²) in [5.41, 5.74) is 6.50. The number of carbonyl (C=O) groups excluding carboxylic acids is 1. The highest BCUT2D eigenvalue weighted by molar-refractivity contribution is 5.93. The lowest BCUT2D eigenvalue weighted by molar-refractivity contribution is 0.0999. The molecule has 0 aliphatic heterocycles. The molecule has 0 aliphatic carbocycles. The number of nitrogens with two attached hydrogens (primary N) is 1. The van der Waals surface area contributed by atoms with Crippen LogP contribution in [0.4, 0.5) is 4.39 Å². The van der Waals surface area contributed by atoms with E-state index in [1.165, 1.54) is 18.4 Å². The van der Waals surface area contributed by atoms with Crippen LogP contribution in [0.1, 0.15) is 15.9 Å². The summed E-state index contributed by atoms with van der Waals surface area (Å²) in [7, 11) is 0. The maximum atomic E-state index is 13.3. The van der Waals surface area contributed by atoms with Crippen LogP contribution in [0, 0.1) is 12.7 Å². The number of hydrogen-bond donors (Lipinski definition) is 1. The molecule has 0 saturated carbocycles. The summed E-state index contributed by atoms with van der Waals surface area (Å²) in [4.78, 5) is 10.9. The smallest absolute Gasteiger partial charge is 0.251 e. The fraction of sp³-hybridized carbons (Fsp3) is 0.0833. The summed E-state index contributed by atoms with van der Waals surface area (Å²) in [6, 6.07) is 6.23. The third-order valence-corrected chi connectivity index (χ3v) is 2.34. The summed E-state index contributed by atoms with van der Waals surface area (Å²) in [5, 5.41) is 0. The van der Waals surface area contributed by atoms with Gasteiger partial charge in [0.1, 0.15) is 17.8 Å². The van der Waals surface area contributed by atoms with Crippen LogP contribution in [-0.4, -0.2) is 5.91 Å². The van der Waals surface area contributed by atoms with Crippen molar-refractivity contribution in [1.29, 1.82) is 0 Å². The molecule has 0 bridgehead atoms. The van der Waals surface area contributed by atoms with Crippen molar-refractivity contribution in [3.05, 3.63) is 47.5 Å². The Kier molecular flexibility index (Phi) is 2.48. The first kappa shape index (κ1) is 10.4. The molecule has 3 nitrogen and oxygen atoms in total. The Hall–Kier alpha value is -2.10. The predicted octanol–water partition coefficient (Wildman–Crippen LogP) is 2.49. The molecule has 0 radical (unpaired) electrons. The van der Waals surface area contributed by atoms with Gasteiger partial charge in [0.15, 0.2) is 0 Å². The maximum Gasteiger partial charge on any atom is 0.251 e. The molecule has 2 rings (SSSR count). The summed E-state index contributed by atoms with van der Waals surface area (Å²) >= 11 is 0. The van der Waals surface area contributed by atoms with Crippen LogP contribution in [0.3, 0.4) is 0 Å². The third kappa shape index (κ3) is 1.82. The van der Waals surface area contributed by atoms with Gasteiger partial charge in [-0.3, -0.25) is 4.79 Å². The van der Waals surface area contributed by atoms with Gasteiger partial charge in [0.2, 0.25) is 0 Å². The zero-order valence-electron chi connectivity index (χ0n) is 8.66. The van der Waals surface area contributed by atoms with Gasteiger partial charge in [-0.05, 0) is 24.6 Å². The molecule has 16 heavy (non-hydrogen) atoms. The molecule has 82 valence electrons. The molecule has 0 spiro atoms. The average molecular weight is 219 g/mol. The molecule has 0 fully saturated rings. The van der Waals surface area contributed by atoms with E-state index in [0.717, 1.165) is 0 Å². The minimum absolute atomic E-state index is 0.274. The van der Waals surface area contributed by atoms with Gasteiger partial charge in [-0.15, -0.1) is 0 Å². The predicted molar refractivity (Wildman–Crippen MR) is 57.4 cm³/mol. The summed E-state index contributed by atoms with van der Waals surface area (Å²) in [5.74, 6) is -0.454. The van der Waals surface area contributed by atoms with Gasteiger partial charge in [0.25, 0.3) is 5.91 Å². The van der Waals surface area contributed by atoms with Crippen molar-refractivity contribution in [3.63, 3.8) is 0 Å². The minimum atomic E-state index is -0.567. The molecule has 1 heterocycles. The van der Waals surface area contributed by atoms with Gasteiger partial charge < -0.3 is 10.2 Å². The Morgan fingerprint density at radius 1 is 1.38 bits per heavy atom. The molecule has 2 N–H and O–H groups in total. The molecule has 0 aliphatic rings. The Labute approximate surface area is 91.7 Å². The molecule has 0 saturated heterocycles. The first-order valence-electron chi connectivity index (χ1n) is 4.73. The largest absolute Gasteiger partial charge is 0.464 e. The first-order chi connectivity index (χ1) is 7.58. The number of aryl methyl sites for hydroxylation is 1. The number of halogens is 1. The maximum absolute atomic E-state index is 13.3. The second-order valence-electron chi connectivity index (χ2n) is 3.53. The normalized spacial score (nSPS) is 10.4. The second-order valence-corrected chi connectivity index (χ2v) is 3.53. The van der Waals surface area contributed by atoms with E-state index in [1.807, 2.05) is 0 Å². The highest BCUT2D eigenvalue weighted by Crippen LogP contribution is 2.23. The monoisotopic (exact) mass is 219 g/mol. The van der Waals surface area contributed by atoms with Gasteiger partial charge in [-0.2, -0.15) is 0 Å². The van der Waals surface area contributed by atoms with Crippen LogP contribution >= 0.6 is 0 Å². The Bertz CT molecular complexity index is 546. The first-order valence-corrected chi connectivity index (χ1v) is 4.73. The average Bonchev–Trinajstić information content (AvgIpc) is 2.71. The Morgan fingerprint density at radius 2 is 2.12 bits per heavy atom. The number of hydrogen-bond acceptors (Lipinski definition) is 2. The van der Waals surface area contributed by atoms with E-state index in [-0.39, 0.29) is 11.4 Å². The highest BCUT2D eigenvalue weighted by atomic mass is 19.1. The van der Waals surface area contributed by atoms with Crippen molar-refractivity contribution in [3.8, 4) is 11.3 Å². The number of furan rings is 1. The van der Waals surface area contributed by atoms with Crippen molar-refractivity contribution in [2.75, 3.05) is 0 Å². The van der Waals surface area contributed by atoms with E-state index in [1.54, 1.807) is 19.1 Å². The molecule has 4 heteroatoms. The molecule has 1 aromatic heterocycles. The van der Waals surface area contributed by atoms with E-state index in [9.17, 15) is 9.18 Å². The lowest BCUT2D eigenvalue weighted by atomic mass is 10.1. The molecular weight excluding hydrogens is 209 g/mol. The SMILES string of the molecule is Cc1ccc(-c2cc(C(N)=O)co2)cc1F. The van der Waals surface area contributed by atoms with Gasteiger partial charge in [0.05, 0.1) is 5.56 Å². The van der Waals surface area contributed by atoms with E-state index >= 15 is 0 Å². The highest BCUT2D eigenvalue weighted by Gasteiger charge is 2.09. The van der Waals surface area contributed by atoms with E-state index in [4.69, 9.17) is 10.2 Å². The van der Waals surface area contributed by atoms with E-state index in [0.29, 0.717) is 16.9 Å². The zero-order valence-corrected chi connectivity index (χ0v) is 8.66. The quantitative estimate of drug-likeness (QED) is 0.843. The minimum Gasteiger partial charge on any atom is -0.464 e. The van der Waals surface area contributed by atoms with Crippen LogP contribution < -0.4 is 5.73 Å². The topological polar surface area (TPSA) is 56.2 Å². The number of benzene rings is 1. The van der Waals surface area contributed by atoms with Gasteiger partial charge in [-0.25, -0.2) is 4.39 Å². The number of primary amides is 1. The van der Waals surface area contributed by atoms with Crippen molar-refractivity contribution < 1.29 is 13.6 Å². The number of carbonyl (C=O) groups is 1. The lowest BCUT2D eigenvalue weighted by Crippen LogP contribution is -2.09. The van der Waals surface area contributed by atoms with Gasteiger partial charge >= 0.3 is 0 Å². The lowest BCUT2D eigenvalue weighted by Gasteiger charge is -1.99. The van der Waals surface area contributed by atoms with Gasteiger partial charge in [0, 0.05) is 5.56 Å². The van der Waals surface area contributed by atoms with E-state index in [2.05, 4.69) is 0 Å². The fourth-order valence-electron chi connectivity index (χ4n) is 1.36. The summed E-state index contributed by atoms with van der Waals surface area (Å²) in [6.45, 7) is 1.68. The van der Waals surface area contributed by atoms with Gasteiger partial charge in [-0.1, -0.05) is 12.1 Å². The summed E-state index contributed by atoms with van der Waals surface area (Å²) in [6.07, 6.45) is 1.26. The van der Waals surface area contributed by atoms with Crippen LogP contribution in [0.25, 0.3) is 11.3 Å². The number of rotatable bonds is 2. The summed E-state index contributed by atoms with van der Waals surface area (Å²) < 4.78 is 18.4. The van der Waals surface area contributed by atoms with Crippen molar-refractivity contribution in [1.82, 2.24) is 0 Å². The van der Waals surface area contributed by atoms with Crippen molar-refractivity contribution in [2.45, 2.75) is 6.92 Å². The number of amides is 1. The van der Waals surface area contributed by atoms with Crippen molar-refractivity contribution in [2.24, 2.45) is 5.73 Å². The van der Waals surface area contributed by atoms with E-state index < -0.39 is 5.91 Å². The van der Waals surface area contributed by atoms with Crippen LogP contribution in [-0.2, 0) is 0 Å². The molecule has 1 aromatic carbocycles. The fourth-order valence-corrected chi connectivity index (χ4v) is 1.36. The molecular formula is C12H10FNO2. The van der Waals surface area contributed by atoms with Crippen LogP contribution in [0.15, 0.2) is 34.9 Å². The molecule has 0 unspecified atom stereocenters. The Balaban J connectivity index is 2.42. The Morgan fingerprint density at radius 3 is 2.69 bits per heavy atom. The molecule has 0 atom stereocenters. The molecule has 1 amide bonds. The second kappa shape index (κ2) is 3.81.